The second-order valence-electron chi connectivity index (χ2n) is 8.39. The van der Waals surface area contributed by atoms with Crippen LogP contribution >= 0.6 is 11.8 Å². The molecule has 10 heteroatoms. The summed E-state index contributed by atoms with van der Waals surface area (Å²) in [6.45, 7) is 5.57. The van der Waals surface area contributed by atoms with E-state index < -0.39 is 0 Å². The van der Waals surface area contributed by atoms with Gasteiger partial charge in [-0.1, -0.05) is 6.07 Å². The van der Waals surface area contributed by atoms with Crippen LogP contribution in [0.1, 0.15) is 30.1 Å². The smallest absolute Gasteiger partial charge is 0.410 e. The van der Waals surface area contributed by atoms with E-state index in [1.54, 1.807) is 11.1 Å². The minimum atomic E-state index is -0.385. The van der Waals surface area contributed by atoms with Gasteiger partial charge < -0.3 is 19.5 Å². The maximum atomic E-state index is 12.6. The van der Waals surface area contributed by atoms with Crippen molar-refractivity contribution >= 4 is 23.8 Å². The lowest BCUT2D eigenvalue weighted by Crippen LogP contribution is -2.38. The average Bonchev–Trinajstić information content (AvgIpc) is 3.35. The maximum Gasteiger partial charge on any atom is 0.410 e. The number of rotatable bonds is 7. The topological polar surface area (TPSA) is 113 Å². The number of carbonyl (C=O) groups excluding carboxylic acids is 2. The maximum absolute atomic E-state index is 12.6. The van der Waals surface area contributed by atoms with Crippen LogP contribution in [0, 0.1) is 31.1 Å². The van der Waals surface area contributed by atoms with E-state index in [4.69, 9.17) is 4.74 Å². The molecule has 2 aromatic heterocycles. The van der Waals surface area contributed by atoms with Crippen LogP contribution in [0.15, 0.2) is 41.1 Å². The van der Waals surface area contributed by atoms with E-state index >= 15 is 0 Å². The molecule has 2 atom stereocenters. The zero-order valence-corrected chi connectivity index (χ0v) is 20.2. The van der Waals surface area contributed by atoms with E-state index in [0.29, 0.717) is 38.9 Å². The SMILES string of the molecule is Cc1cn(CCOC(=O)N2CCC3=C(C2)SC(NC(=O)CCc2ccccn2)C3C#N)c(C)n1. The number of nitrogens with zero attached hydrogens (tertiary/aromatic N) is 5. The van der Waals surface area contributed by atoms with Gasteiger partial charge in [0.15, 0.2) is 0 Å². The number of ether oxygens (including phenoxy) is 1. The van der Waals surface area contributed by atoms with Crippen molar-refractivity contribution in [2.75, 3.05) is 19.7 Å². The Balaban J connectivity index is 1.27. The van der Waals surface area contributed by atoms with Gasteiger partial charge in [0.2, 0.25) is 5.91 Å². The Bertz CT molecular complexity index is 1120. The molecule has 0 bridgehead atoms. The van der Waals surface area contributed by atoms with E-state index in [0.717, 1.165) is 27.7 Å². The Morgan fingerprint density at radius 3 is 2.91 bits per heavy atom. The fourth-order valence-electron chi connectivity index (χ4n) is 4.24. The molecule has 0 fully saturated rings. The van der Waals surface area contributed by atoms with Crippen molar-refractivity contribution in [1.29, 1.82) is 5.26 Å². The lowest BCUT2D eigenvalue weighted by Gasteiger charge is -2.27. The summed E-state index contributed by atoms with van der Waals surface area (Å²) in [5, 5.41) is 12.4. The van der Waals surface area contributed by atoms with Gasteiger partial charge in [-0.05, 0) is 44.4 Å². The molecule has 0 saturated carbocycles. The fraction of sp³-hybridized carbons (Fsp3) is 0.458. The van der Waals surface area contributed by atoms with Gasteiger partial charge in [0.1, 0.15) is 12.4 Å². The highest BCUT2D eigenvalue weighted by Gasteiger charge is 2.40. The first-order chi connectivity index (χ1) is 16.4. The molecule has 0 saturated heterocycles. The molecule has 9 nitrogen and oxygen atoms in total. The lowest BCUT2D eigenvalue weighted by atomic mass is 9.94. The number of nitriles is 1. The normalized spacial score (nSPS) is 19.5. The van der Waals surface area contributed by atoms with Crippen LogP contribution < -0.4 is 5.32 Å². The summed E-state index contributed by atoms with van der Waals surface area (Å²) in [5.41, 5.74) is 2.82. The second-order valence-corrected chi connectivity index (χ2v) is 9.63. The number of amides is 2. The third-order valence-corrected chi connectivity index (χ3v) is 7.30. The molecule has 4 heterocycles. The highest BCUT2D eigenvalue weighted by molar-refractivity contribution is 8.04. The van der Waals surface area contributed by atoms with Crippen LogP contribution in [0.25, 0.3) is 0 Å². The minimum Gasteiger partial charge on any atom is -0.448 e. The van der Waals surface area contributed by atoms with Gasteiger partial charge in [-0.2, -0.15) is 5.26 Å². The van der Waals surface area contributed by atoms with Crippen LogP contribution in [0.2, 0.25) is 0 Å². The number of nitrogens with one attached hydrogen (secondary N) is 1. The van der Waals surface area contributed by atoms with Crippen molar-refractivity contribution < 1.29 is 14.3 Å². The van der Waals surface area contributed by atoms with Gasteiger partial charge in [0.25, 0.3) is 0 Å². The molecule has 0 aliphatic carbocycles. The van der Waals surface area contributed by atoms with Crippen LogP contribution in [-0.4, -0.2) is 56.5 Å². The van der Waals surface area contributed by atoms with Gasteiger partial charge in [-0.15, -0.1) is 11.8 Å². The lowest BCUT2D eigenvalue weighted by molar-refractivity contribution is -0.121. The standard InChI is InChI=1S/C24H28N6O3S/c1-16-14-29(17(2)27-16)11-12-33-24(32)30-10-8-19-20(13-25)23(34-21(19)15-30)28-22(31)7-6-18-5-3-4-9-26-18/h3-5,9,14,20,23H,6-8,10-12,15H2,1-2H3,(H,28,31). The third kappa shape index (κ3) is 5.59. The molecule has 2 aliphatic heterocycles. The van der Waals surface area contributed by atoms with Crippen molar-refractivity contribution in [2.24, 2.45) is 5.92 Å². The molecule has 2 unspecified atom stereocenters. The molecule has 2 aliphatic rings. The average molecular weight is 481 g/mol. The summed E-state index contributed by atoms with van der Waals surface area (Å²) in [4.78, 5) is 36.3. The molecule has 1 N–H and O–H groups in total. The third-order valence-electron chi connectivity index (χ3n) is 5.98. The first-order valence-electron chi connectivity index (χ1n) is 11.3. The van der Waals surface area contributed by atoms with E-state index in [9.17, 15) is 14.9 Å². The summed E-state index contributed by atoms with van der Waals surface area (Å²) in [5.74, 6) is 0.397. The van der Waals surface area contributed by atoms with Crippen LogP contribution in [0.4, 0.5) is 4.79 Å². The van der Waals surface area contributed by atoms with Crippen LogP contribution in [0.5, 0.6) is 0 Å². The monoisotopic (exact) mass is 480 g/mol. The molecule has 2 amide bonds. The molecule has 0 spiro atoms. The van der Waals surface area contributed by atoms with Crippen molar-refractivity contribution in [3.8, 4) is 6.07 Å². The Morgan fingerprint density at radius 2 is 2.21 bits per heavy atom. The molecule has 4 rings (SSSR count). The van der Waals surface area contributed by atoms with Gasteiger partial charge in [-0.25, -0.2) is 9.78 Å². The number of imidazole rings is 1. The van der Waals surface area contributed by atoms with Gasteiger partial charge >= 0.3 is 6.09 Å². The Kier molecular flexibility index (Phi) is 7.53. The predicted molar refractivity (Wildman–Crippen MR) is 127 cm³/mol. The van der Waals surface area contributed by atoms with E-state index in [-0.39, 0.29) is 29.9 Å². The zero-order valence-electron chi connectivity index (χ0n) is 19.4. The quantitative estimate of drug-likeness (QED) is 0.648. The number of hydrogen-bond donors (Lipinski definition) is 1. The van der Waals surface area contributed by atoms with Crippen LogP contribution in [0.3, 0.4) is 0 Å². The molecule has 178 valence electrons. The Hall–Kier alpha value is -3.32. The molecular formula is C24H28N6O3S. The van der Waals surface area contributed by atoms with Crippen molar-refractivity contribution in [3.63, 3.8) is 0 Å². The van der Waals surface area contributed by atoms with Gasteiger partial charge in [0, 0.05) is 36.0 Å². The highest BCUT2D eigenvalue weighted by Crippen LogP contribution is 2.44. The minimum absolute atomic E-state index is 0.107. The van der Waals surface area contributed by atoms with Crippen molar-refractivity contribution in [2.45, 2.75) is 45.0 Å². The predicted octanol–water partition coefficient (Wildman–Crippen LogP) is 2.95. The van der Waals surface area contributed by atoms with Crippen molar-refractivity contribution in [3.05, 3.63) is 58.3 Å². The summed E-state index contributed by atoms with van der Waals surface area (Å²) in [6.07, 6.45) is 4.74. The summed E-state index contributed by atoms with van der Waals surface area (Å²) in [6, 6.07) is 7.97. The summed E-state index contributed by atoms with van der Waals surface area (Å²) in [7, 11) is 0. The first-order valence-corrected chi connectivity index (χ1v) is 12.2. The number of thioether (sulfide) groups is 1. The zero-order chi connectivity index (χ0) is 24.1. The van der Waals surface area contributed by atoms with E-state index in [2.05, 4.69) is 21.4 Å². The Labute approximate surface area is 203 Å². The van der Waals surface area contributed by atoms with Gasteiger partial charge in [0.05, 0.1) is 36.1 Å². The highest BCUT2D eigenvalue weighted by atomic mass is 32.2. The second kappa shape index (κ2) is 10.7. The number of carbonyl (C=O) groups is 2. The molecule has 0 aromatic carbocycles. The number of aryl methyl sites for hydroxylation is 3. The summed E-state index contributed by atoms with van der Waals surface area (Å²) >= 11 is 1.47. The largest absolute Gasteiger partial charge is 0.448 e. The number of hydrogen-bond acceptors (Lipinski definition) is 7. The number of pyridine rings is 1. The van der Waals surface area contributed by atoms with E-state index in [1.807, 2.05) is 42.8 Å². The van der Waals surface area contributed by atoms with Gasteiger partial charge in [-0.3, -0.25) is 9.78 Å². The first kappa shape index (κ1) is 23.8. The molecule has 2 aromatic rings. The van der Waals surface area contributed by atoms with Crippen LogP contribution in [-0.2, 0) is 22.5 Å². The Morgan fingerprint density at radius 1 is 1.35 bits per heavy atom. The fourth-order valence-corrected chi connectivity index (χ4v) is 5.71. The molecule has 0 radical (unpaired) electrons. The summed E-state index contributed by atoms with van der Waals surface area (Å²) < 4.78 is 7.45. The van der Waals surface area contributed by atoms with Crippen molar-refractivity contribution in [1.82, 2.24) is 24.8 Å². The van der Waals surface area contributed by atoms with E-state index in [1.165, 1.54) is 11.8 Å². The number of aromatic nitrogens is 3. The molecule has 34 heavy (non-hydrogen) atoms. The molecular weight excluding hydrogens is 452 g/mol.